The summed E-state index contributed by atoms with van der Waals surface area (Å²) in [5.41, 5.74) is 11.2. The molecule has 8 aromatic carbocycles. The fraction of sp³-hybridized carbons (Fsp3) is 0.0714. The molecule has 0 atom stereocenters. The Kier molecular flexibility index (Phi) is 9.18. The lowest BCUT2D eigenvalue weighted by Gasteiger charge is -2.12. The van der Waals surface area contributed by atoms with Crippen molar-refractivity contribution < 1.29 is 0 Å². The third kappa shape index (κ3) is 6.06. The van der Waals surface area contributed by atoms with E-state index in [4.69, 9.17) is 0 Å². The molecule has 0 saturated heterocycles. The second-order valence-electron chi connectivity index (χ2n) is 15.2. The normalized spacial score (nSPS) is 12.7. The van der Waals surface area contributed by atoms with Crippen LogP contribution in [0.4, 0.5) is 0 Å². The van der Waals surface area contributed by atoms with Crippen LogP contribution >= 0.6 is 22.7 Å². The molecule has 4 heterocycles. The van der Waals surface area contributed by atoms with Crippen LogP contribution in [-0.2, 0) is 0 Å². The molecule has 1 N–H and O–H groups in total. The zero-order valence-electron chi connectivity index (χ0n) is 33.6. The Morgan fingerprint density at radius 2 is 0.917 bits per heavy atom. The molecule has 13 rings (SSSR count). The summed E-state index contributed by atoms with van der Waals surface area (Å²) >= 11 is 3.80. The summed E-state index contributed by atoms with van der Waals surface area (Å²) in [6.45, 7) is 4.00. The average Bonchev–Trinajstić information content (AvgIpc) is 4.08. The summed E-state index contributed by atoms with van der Waals surface area (Å²) in [5, 5.41) is 10.7. The number of para-hydroxylation sites is 2. The van der Waals surface area contributed by atoms with E-state index in [1.165, 1.54) is 112 Å². The highest BCUT2D eigenvalue weighted by Gasteiger charge is 2.18. The van der Waals surface area contributed by atoms with E-state index in [0.29, 0.717) is 0 Å². The lowest BCUT2D eigenvalue weighted by Crippen LogP contribution is -1.97. The van der Waals surface area contributed by atoms with Gasteiger partial charge in [0.1, 0.15) is 0 Å². The van der Waals surface area contributed by atoms with E-state index in [1.807, 2.05) is 36.5 Å². The Morgan fingerprint density at radius 1 is 0.417 bits per heavy atom. The van der Waals surface area contributed by atoms with Gasteiger partial charge in [-0.05, 0) is 108 Å². The van der Waals surface area contributed by atoms with Gasteiger partial charge in [0.05, 0.1) is 11.0 Å². The zero-order valence-corrected chi connectivity index (χ0v) is 35.2. The van der Waals surface area contributed by atoms with Crippen LogP contribution in [0.3, 0.4) is 0 Å². The van der Waals surface area contributed by atoms with Crippen molar-refractivity contribution in [3.8, 4) is 22.3 Å². The molecule has 0 bridgehead atoms. The maximum Gasteiger partial charge on any atom is 0.0541 e. The van der Waals surface area contributed by atoms with Crippen LogP contribution in [-0.4, -0.2) is 9.55 Å². The smallest absolute Gasteiger partial charge is 0.0541 e. The fourth-order valence-electron chi connectivity index (χ4n) is 9.12. The Labute approximate surface area is 357 Å². The van der Waals surface area contributed by atoms with Gasteiger partial charge in [-0.15, -0.1) is 22.7 Å². The number of nitrogens with zero attached hydrogens (tertiary/aromatic N) is 1. The van der Waals surface area contributed by atoms with Gasteiger partial charge < -0.3 is 9.55 Å². The SMILES string of the molecule is C1=CC(n2c3ccc(-c4ccccc4)cc3c3cc(-c4ccc5sc6ccc7sc8ccccc8c7c6c5c4)ccc32)=CCC1.CC.c1ccc2c(c1)[nH]c1ccccc12. The number of hydrogen-bond donors (Lipinski definition) is 1. The second kappa shape index (κ2) is 15.1. The quantitative estimate of drug-likeness (QED) is 0.184. The number of aromatic nitrogens is 2. The molecule has 1 aliphatic rings. The predicted molar refractivity (Wildman–Crippen MR) is 266 cm³/mol. The van der Waals surface area contributed by atoms with Crippen molar-refractivity contribution in [1.29, 1.82) is 0 Å². The van der Waals surface area contributed by atoms with Gasteiger partial charge in [0.2, 0.25) is 0 Å². The highest BCUT2D eigenvalue weighted by atomic mass is 32.1. The molecular formula is C56H42N2S2. The van der Waals surface area contributed by atoms with Gasteiger partial charge in [-0.25, -0.2) is 0 Å². The van der Waals surface area contributed by atoms with Gasteiger partial charge in [0.25, 0.3) is 0 Å². The lowest BCUT2D eigenvalue weighted by atomic mass is 9.98. The van der Waals surface area contributed by atoms with Crippen LogP contribution in [0.25, 0.3) is 112 Å². The number of benzene rings is 8. The molecule has 288 valence electrons. The Bertz CT molecular complexity index is 3580. The lowest BCUT2D eigenvalue weighted by molar-refractivity contribution is 1.02. The molecule has 0 radical (unpaired) electrons. The molecule has 2 nitrogen and oxygen atoms in total. The van der Waals surface area contributed by atoms with Crippen molar-refractivity contribution in [2.45, 2.75) is 26.7 Å². The monoisotopic (exact) mass is 806 g/mol. The standard InChI is InChI=1S/C42H27NS2.C12H9N.C2H6/c1-3-9-26(10-4-1)27-15-18-35-32(23-27)33-24-28(16-19-36(33)43(35)30-11-5-2-6-12-30)29-17-20-38-34(25-29)42-40(45-38)22-21-39-41(42)31-13-7-8-14-37(31)44-39;1-3-7-11-9(5-1)10-6-2-4-8-12(10)13-11;1-2/h1,3-5,7-25H,2,6H2;1-8,13H;1-2H3. The van der Waals surface area contributed by atoms with Crippen molar-refractivity contribution in [2.24, 2.45) is 0 Å². The molecule has 0 spiro atoms. The van der Waals surface area contributed by atoms with E-state index in [2.05, 4.69) is 198 Å². The molecule has 1 aliphatic carbocycles. The van der Waals surface area contributed by atoms with Crippen LogP contribution in [0.15, 0.2) is 188 Å². The Morgan fingerprint density at radius 3 is 1.55 bits per heavy atom. The predicted octanol–water partition coefficient (Wildman–Crippen LogP) is 17.4. The number of hydrogen-bond acceptors (Lipinski definition) is 2. The first-order valence-corrected chi connectivity index (χ1v) is 22.6. The average molecular weight is 807 g/mol. The number of fused-ring (bicyclic) bond motifs is 13. The Balaban J connectivity index is 0.000000230. The first-order valence-electron chi connectivity index (χ1n) is 21.0. The van der Waals surface area contributed by atoms with Crippen LogP contribution in [0.1, 0.15) is 26.7 Å². The van der Waals surface area contributed by atoms with Crippen LogP contribution in [0.5, 0.6) is 0 Å². The third-order valence-electron chi connectivity index (χ3n) is 11.8. The molecular weight excluding hydrogens is 765 g/mol. The van der Waals surface area contributed by atoms with Crippen molar-refractivity contribution >= 4 is 112 Å². The Hall–Kier alpha value is -6.72. The van der Waals surface area contributed by atoms with Gasteiger partial charge in [0.15, 0.2) is 0 Å². The minimum absolute atomic E-state index is 1.08. The molecule has 0 unspecified atom stereocenters. The van der Waals surface area contributed by atoms with Crippen molar-refractivity contribution in [3.63, 3.8) is 0 Å². The highest BCUT2D eigenvalue weighted by molar-refractivity contribution is 7.28. The number of rotatable bonds is 3. The van der Waals surface area contributed by atoms with Crippen molar-refractivity contribution in [3.05, 3.63) is 188 Å². The second-order valence-corrected chi connectivity index (χ2v) is 17.4. The fourth-order valence-corrected chi connectivity index (χ4v) is 11.3. The summed E-state index contributed by atoms with van der Waals surface area (Å²) in [6, 6.07) is 62.0. The van der Waals surface area contributed by atoms with Crippen molar-refractivity contribution in [1.82, 2.24) is 9.55 Å². The topological polar surface area (TPSA) is 20.7 Å². The molecule has 0 amide bonds. The van der Waals surface area contributed by atoms with Gasteiger partial charge in [-0.1, -0.05) is 129 Å². The summed E-state index contributed by atoms with van der Waals surface area (Å²) in [4.78, 5) is 3.38. The van der Waals surface area contributed by atoms with Crippen LogP contribution in [0.2, 0.25) is 0 Å². The highest BCUT2D eigenvalue weighted by Crippen LogP contribution is 2.46. The number of nitrogens with one attached hydrogen (secondary N) is 1. The largest absolute Gasteiger partial charge is 0.355 e. The maximum atomic E-state index is 3.38. The number of H-pyrrole nitrogens is 1. The minimum Gasteiger partial charge on any atom is -0.355 e. The molecule has 0 aliphatic heterocycles. The zero-order chi connectivity index (χ0) is 40.2. The number of thiophene rings is 2. The first-order chi connectivity index (χ1) is 29.7. The number of aromatic amines is 1. The molecule has 4 heteroatoms. The third-order valence-corrected chi connectivity index (χ3v) is 14.1. The van der Waals surface area contributed by atoms with Gasteiger partial charge in [-0.2, -0.15) is 0 Å². The van der Waals surface area contributed by atoms with Crippen LogP contribution < -0.4 is 0 Å². The van der Waals surface area contributed by atoms with E-state index in [-0.39, 0.29) is 0 Å². The number of allylic oxidation sites excluding steroid dienone is 4. The first kappa shape index (κ1) is 36.4. The van der Waals surface area contributed by atoms with Gasteiger partial charge in [-0.3, -0.25) is 0 Å². The minimum atomic E-state index is 1.08. The molecule has 4 aromatic heterocycles. The summed E-state index contributed by atoms with van der Waals surface area (Å²) in [6.07, 6.45) is 9.15. The van der Waals surface area contributed by atoms with E-state index in [0.717, 1.165) is 12.8 Å². The maximum absolute atomic E-state index is 3.38. The van der Waals surface area contributed by atoms with E-state index in [9.17, 15) is 0 Å². The van der Waals surface area contributed by atoms with Crippen LogP contribution in [0, 0.1) is 0 Å². The molecule has 12 aromatic rings. The summed E-state index contributed by atoms with van der Waals surface area (Å²) < 4.78 is 7.88. The van der Waals surface area contributed by atoms with E-state index < -0.39 is 0 Å². The van der Waals surface area contributed by atoms with E-state index in [1.54, 1.807) is 0 Å². The van der Waals surface area contributed by atoms with Crippen molar-refractivity contribution in [2.75, 3.05) is 0 Å². The van der Waals surface area contributed by atoms with E-state index >= 15 is 0 Å². The molecule has 0 fully saturated rings. The molecule has 60 heavy (non-hydrogen) atoms. The van der Waals surface area contributed by atoms with Gasteiger partial charge >= 0.3 is 0 Å². The summed E-state index contributed by atoms with van der Waals surface area (Å²) in [5.74, 6) is 0. The van der Waals surface area contributed by atoms with Gasteiger partial charge in [0, 0.05) is 78.6 Å². The molecule has 0 saturated carbocycles. The summed E-state index contributed by atoms with van der Waals surface area (Å²) in [7, 11) is 0.